The maximum Gasteiger partial charge on any atom is 0.0615 e. The second-order valence-electron chi connectivity index (χ2n) is 7.50. The van der Waals surface area contributed by atoms with Crippen molar-refractivity contribution in [3.8, 4) is 0 Å². The van der Waals surface area contributed by atoms with Crippen molar-refractivity contribution in [2.45, 2.75) is 73.1 Å². The molecule has 0 aliphatic heterocycles. The van der Waals surface area contributed by atoms with Crippen molar-refractivity contribution in [2.75, 3.05) is 6.61 Å². The molecule has 0 aromatic carbocycles. The average Bonchev–Trinajstić information content (AvgIpc) is 2.36. The lowest BCUT2D eigenvalue weighted by Gasteiger charge is -2.20. The fraction of sp³-hybridized carbons (Fsp3) is 0.619. The zero-order valence-corrected chi connectivity index (χ0v) is 15.4. The van der Waals surface area contributed by atoms with E-state index in [1.54, 1.807) is 0 Å². The molecule has 0 atom stereocenters. The van der Waals surface area contributed by atoms with Gasteiger partial charge in [0.1, 0.15) is 0 Å². The van der Waals surface area contributed by atoms with Crippen LogP contribution in [0.4, 0.5) is 0 Å². The summed E-state index contributed by atoms with van der Waals surface area (Å²) in [5, 5.41) is 9.18. The van der Waals surface area contributed by atoms with Gasteiger partial charge in [-0.2, -0.15) is 0 Å². The highest BCUT2D eigenvalue weighted by Crippen LogP contribution is 2.27. The van der Waals surface area contributed by atoms with E-state index in [2.05, 4.69) is 53.3 Å². The van der Waals surface area contributed by atoms with Crippen molar-refractivity contribution < 1.29 is 5.11 Å². The van der Waals surface area contributed by atoms with Crippen molar-refractivity contribution in [1.82, 2.24) is 0 Å². The topological polar surface area (TPSA) is 20.2 Å². The molecule has 0 aliphatic carbocycles. The Morgan fingerprint density at radius 3 is 2.05 bits per heavy atom. The summed E-state index contributed by atoms with van der Waals surface area (Å²) in [5.41, 5.74) is 4.51. The summed E-state index contributed by atoms with van der Waals surface area (Å²) in [7, 11) is 0. The van der Waals surface area contributed by atoms with Gasteiger partial charge in [0.2, 0.25) is 0 Å². The van der Waals surface area contributed by atoms with E-state index < -0.39 is 0 Å². The summed E-state index contributed by atoms with van der Waals surface area (Å²) in [4.78, 5) is 0. The molecule has 126 valence electrons. The summed E-state index contributed by atoms with van der Waals surface area (Å²) in [6, 6.07) is 0. The molecule has 0 saturated carbocycles. The first-order valence-electron chi connectivity index (χ1n) is 8.49. The molecule has 0 spiro atoms. The second-order valence-corrected chi connectivity index (χ2v) is 7.50. The fourth-order valence-electron chi connectivity index (χ4n) is 2.55. The summed E-state index contributed by atoms with van der Waals surface area (Å²) in [6.07, 6.45) is 15.0. The minimum atomic E-state index is 0.148. The zero-order valence-electron chi connectivity index (χ0n) is 15.4. The molecular formula is C21H36O. The van der Waals surface area contributed by atoms with Crippen LogP contribution in [-0.4, -0.2) is 11.7 Å². The van der Waals surface area contributed by atoms with Gasteiger partial charge < -0.3 is 5.11 Å². The fourth-order valence-corrected chi connectivity index (χ4v) is 2.55. The second kappa shape index (κ2) is 11.5. The number of aliphatic hydroxyl groups excluding tert-OH is 1. The molecule has 0 aliphatic rings. The minimum absolute atomic E-state index is 0.148. The number of hydrogen-bond acceptors (Lipinski definition) is 1. The Kier molecular flexibility index (Phi) is 10.9. The Hall–Kier alpha value is -1.08. The zero-order chi connectivity index (χ0) is 17.0. The van der Waals surface area contributed by atoms with Crippen LogP contribution < -0.4 is 0 Å². The van der Waals surface area contributed by atoms with E-state index in [1.807, 2.05) is 12.2 Å². The van der Waals surface area contributed by atoms with Gasteiger partial charge in [0.15, 0.2) is 0 Å². The van der Waals surface area contributed by atoms with Crippen LogP contribution >= 0.6 is 0 Å². The minimum Gasteiger partial charge on any atom is -0.392 e. The molecule has 1 N–H and O–H groups in total. The van der Waals surface area contributed by atoms with E-state index in [-0.39, 0.29) is 12.0 Å². The van der Waals surface area contributed by atoms with E-state index in [9.17, 15) is 5.11 Å². The Balaban J connectivity index is 4.55. The first-order valence-corrected chi connectivity index (χ1v) is 8.49. The van der Waals surface area contributed by atoms with Gasteiger partial charge in [-0.3, -0.25) is 0 Å². The monoisotopic (exact) mass is 304 g/mol. The van der Waals surface area contributed by atoms with Crippen LogP contribution in [0, 0.1) is 5.41 Å². The van der Waals surface area contributed by atoms with Gasteiger partial charge in [-0.15, -0.1) is 6.58 Å². The van der Waals surface area contributed by atoms with Crippen LogP contribution in [0.3, 0.4) is 0 Å². The maximum absolute atomic E-state index is 9.18. The highest BCUT2D eigenvalue weighted by Gasteiger charge is 2.12. The molecule has 0 amide bonds. The lowest BCUT2D eigenvalue weighted by Crippen LogP contribution is -2.06. The molecule has 0 bridgehead atoms. The van der Waals surface area contributed by atoms with Crippen LogP contribution in [0.2, 0.25) is 0 Å². The normalized spacial score (nSPS) is 13.2. The van der Waals surface area contributed by atoms with Crippen molar-refractivity contribution in [3.05, 3.63) is 47.6 Å². The van der Waals surface area contributed by atoms with Gasteiger partial charge in [0.05, 0.1) is 6.61 Å². The Labute approximate surface area is 138 Å². The number of rotatable bonds is 10. The Morgan fingerprint density at radius 2 is 1.55 bits per heavy atom. The molecule has 1 heteroatoms. The largest absolute Gasteiger partial charge is 0.392 e. The maximum atomic E-state index is 9.18. The Bertz CT molecular complexity index is 398. The third-order valence-corrected chi connectivity index (χ3v) is 3.46. The Morgan fingerprint density at radius 1 is 0.955 bits per heavy atom. The third-order valence-electron chi connectivity index (χ3n) is 3.46. The predicted molar refractivity (Wildman–Crippen MR) is 100 cm³/mol. The van der Waals surface area contributed by atoms with E-state index in [4.69, 9.17) is 0 Å². The van der Waals surface area contributed by atoms with Gasteiger partial charge in [-0.1, -0.05) is 61.8 Å². The molecule has 0 fully saturated rings. The molecular weight excluding hydrogens is 268 g/mol. The van der Waals surface area contributed by atoms with Crippen LogP contribution in [0.15, 0.2) is 47.6 Å². The molecule has 0 rings (SSSR count). The van der Waals surface area contributed by atoms with Gasteiger partial charge in [0, 0.05) is 0 Å². The molecule has 22 heavy (non-hydrogen) atoms. The van der Waals surface area contributed by atoms with E-state index in [0.29, 0.717) is 0 Å². The highest BCUT2D eigenvalue weighted by molar-refractivity contribution is 5.11. The highest BCUT2D eigenvalue weighted by atomic mass is 16.2. The standard InChI is InChI=1S/C21H36O/c1-7-10-19(12-8-11-18(2)3)13-9-14-20(15-16-22)17-21(4,5)6/h7,11,13,15,22H,1,8-10,12,14,16-17H2,2-6H3/b19-13+,20-15-. The van der Waals surface area contributed by atoms with Crippen molar-refractivity contribution in [3.63, 3.8) is 0 Å². The van der Waals surface area contributed by atoms with Crippen LogP contribution in [0.5, 0.6) is 0 Å². The van der Waals surface area contributed by atoms with E-state index in [0.717, 1.165) is 38.5 Å². The molecule has 0 saturated heterocycles. The van der Waals surface area contributed by atoms with Gasteiger partial charge in [0.25, 0.3) is 0 Å². The first kappa shape index (κ1) is 20.9. The first-order chi connectivity index (χ1) is 10.3. The van der Waals surface area contributed by atoms with Crippen LogP contribution in [0.25, 0.3) is 0 Å². The number of aliphatic hydroxyl groups is 1. The van der Waals surface area contributed by atoms with Gasteiger partial charge in [-0.25, -0.2) is 0 Å². The smallest absolute Gasteiger partial charge is 0.0615 e. The summed E-state index contributed by atoms with van der Waals surface area (Å²) >= 11 is 0. The van der Waals surface area contributed by atoms with Crippen LogP contribution in [0.1, 0.15) is 73.1 Å². The molecule has 0 unspecified atom stereocenters. The molecule has 0 radical (unpaired) electrons. The molecule has 0 heterocycles. The van der Waals surface area contributed by atoms with Crippen molar-refractivity contribution >= 4 is 0 Å². The van der Waals surface area contributed by atoms with E-state index >= 15 is 0 Å². The lowest BCUT2D eigenvalue weighted by molar-refractivity contribution is 0.338. The van der Waals surface area contributed by atoms with Gasteiger partial charge in [-0.05, 0) is 57.8 Å². The lowest BCUT2D eigenvalue weighted by atomic mass is 9.86. The van der Waals surface area contributed by atoms with Crippen molar-refractivity contribution in [2.24, 2.45) is 5.41 Å². The molecule has 0 aromatic heterocycles. The van der Waals surface area contributed by atoms with Gasteiger partial charge >= 0.3 is 0 Å². The summed E-state index contributed by atoms with van der Waals surface area (Å²) in [5.74, 6) is 0. The molecule has 0 aromatic rings. The summed E-state index contributed by atoms with van der Waals surface area (Å²) in [6.45, 7) is 15.0. The number of hydrogen-bond donors (Lipinski definition) is 1. The van der Waals surface area contributed by atoms with E-state index in [1.165, 1.54) is 16.7 Å². The molecule has 1 nitrogen and oxygen atoms in total. The van der Waals surface area contributed by atoms with Crippen LogP contribution in [-0.2, 0) is 0 Å². The van der Waals surface area contributed by atoms with Crippen molar-refractivity contribution in [1.29, 1.82) is 0 Å². The average molecular weight is 305 g/mol. The third kappa shape index (κ3) is 12.6. The number of allylic oxidation sites excluding steroid dienone is 6. The summed E-state index contributed by atoms with van der Waals surface area (Å²) < 4.78 is 0. The SMILES string of the molecule is C=CC/C(=C\CC/C(=C/CO)CC(C)(C)C)CCC=C(C)C. The predicted octanol–water partition coefficient (Wildman–Crippen LogP) is 6.37. The quantitative estimate of drug-likeness (QED) is 0.465.